The largest absolute Gasteiger partial charge is 0.465 e. The second-order valence-corrected chi connectivity index (χ2v) is 5.50. The Hall–Kier alpha value is -1.06. The average Bonchev–Trinajstić information content (AvgIpc) is 2.87. The first kappa shape index (κ1) is 17.0. The summed E-state index contributed by atoms with van der Waals surface area (Å²) in [7, 11) is 0. The Balaban J connectivity index is 1.87. The summed E-state index contributed by atoms with van der Waals surface area (Å²) >= 11 is 0. The summed E-state index contributed by atoms with van der Waals surface area (Å²) in [5.74, 6) is -1.51. The molecular formula is C16H28O4. The molecule has 1 fully saturated rings. The van der Waals surface area contributed by atoms with Gasteiger partial charge in [-0.2, -0.15) is 0 Å². The van der Waals surface area contributed by atoms with Gasteiger partial charge in [0.15, 0.2) is 5.92 Å². The Morgan fingerprint density at radius 1 is 1.10 bits per heavy atom. The third kappa shape index (κ3) is 6.92. The number of esters is 2. The second kappa shape index (κ2) is 10.7. The van der Waals surface area contributed by atoms with Crippen LogP contribution < -0.4 is 0 Å². The van der Waals surface area contributed by atoms with E-state index >= 15 is 0 Å². The highest BCUT2D eigenvalue weighted by atomic mass is 16.6. The number of ether oxygens (including phenoxy) is 2. The molecular weight excluding hydrogens is 256 g/mol. The summed E-state index contributed by atoms with van der Waals surface area (Å²) in [6.45, 7) is 3.00. The van der Waals surface area contributed by atoms with Crippen LogP contribution in [0.2, 0.25) is 0 Å². The van der Waals surface area contributed by atoms with Crippen LogP contribution in [0, 0.1) is 5.92 Å². The van der Waals surface area contributed by atoms with E-state index in [-0.39, 0.29) is 0 Å². The Morgan fingerprint density at radius 3 is 2.25 bits per heavy atom. The highest BCUT2D eigenvalue weighted by Gasteiger charge is 2.34. The van der Waals surface area contributed by atoms with E-state index in [1.807, 2.05) is 0 Å². The Morgan fingerprint density at radius 2 is 1.70 bits per heavy atom. The normalized spacial score (nSPS) is 18.1. The molecule has 0 aromatic heterocycles. The molecule has 0 N–H and O–H groups in total. The van der Waals surface area contributed by atoms with E-state index < -0.39 is 17.9 Å². The monoisotopic (exact) mass is 284 g/mol. The fourth-order valence-corrected chi connectivity index (χ4v) is 2.40. The van der Waals surface area contributed by atoms with Gasteiger partial charge in [0.2, 0.25) is 0 Å². The maximum absolute atomic E-state index is 11.6. The zero-order valence-electron chi connectivity index (χ0n) is 12.7. The molecule has 1 atom stereocenters. The fourth-order valence-electron chi connectivity index (χ4n) is 2.40. The van der Waals surface area contributed by atoms with Crippen molar-refractivity contribution in [3.63, 3.8) is 0 Å². The molecule has 1 rings (SSSR count). The predicted octanol–water partition coefficient (Wildman–Crippen LogP) is 3.62. The first-order chi connectivity index (χ1) is 9.75. The van der Waals surface area contributed by atoms with E-state index in [2.05, 4.69) is 6.92 Å². The lowest BCUT2D eigenvalue weighted by atomic mass is 10.1. The van der Waals surface area contributed by atoms with Gasteiger partial charge in [-0.25, -0.2) is 0 Å². The summed E-state index contributed by atoms with van der Waals surface area (Å²) in [6, 6.07) is 0. The summed E-state index contributed by atoms with van der Waals surface area (Å²) < 4.78 is 9.86. The zero-order chi connectivity index (χ0) is 14.6. The molecule has 0 saturated carbocycles. The summed E-state index contributed by atoms with van der Waals surface area (Å²) in [6.07, 6.45) is 11.6. The number of hydrogen-bond acceptors (Lipinski definition) is 4. The third-order valence-corrected chi connectivity index (χ3v) is 3.71. The van der Waals surface area contributed by atoms with Crippen LogP contribution in [0.15, 0.2) is 0 Å². The van der Waals surface area contributed by atoms with Crippen molar-refractivity contribution < 1.29 is 19.1 Å². The molecule has 0 radical (unpaired) electrons. The number of cyclic esters (lactones) is 1. The van der Waals surface area contributed by atoms with Crippen molar-refractivity contribution in [2.24, 2.45) is 5.92 Å². The minimum atomic E-state index is -0.673. The van der Waals surface area contributed by atoms with Crippen molar-refractivity contribution >= 4 is 11.9 Å². The van der Waals surface area contributed by atoms with Crippen molar-refractivity contribution in [3.8, 4) is 0 Å². The van der Waals surface area contributed by atoms with E-state index in [1.54, 1.807) is 0 Å². The Kier molecular flexibility index (Phi) is 9.09. The molecule has 0 spiro atoms. The fraction of sp³-hybridized carbons (Fsp3) is 0.875. The van der Waals surface area contributed by atoms with E-state index in [0.717, 1.165) is 12.8 Å². The van der Waals surface area contributed by atoms with Crippen molar-refractivity contribution in [2.45, 2.75) is 71.1 Å². The van der Waals surface area contributed by atoms with Crippen molar-refractivity contribution in [1.82, 2.24) is 0 Å². The molecule has 1 unspecified atom stereocenters. The molecule has 1 aliphatic rings. The summed E-state index contributed by atoms with van der Waals surface area (Å²) in [4.78, 5) is 22.7. The number of hydrogen-bond donors (Lipinski definition) is 0. The highest BCUT2D eigenvalue weighted by molar-refractivity contribution is 5.95. The van der Waals surface area contributed by atoms with Gasteiger partial charge in [-0.15, -0.1) is 0 Å². The Bertz CT molecular complexity index is 288. The lowest BCUT2D eigenvalue weighted by molar-refractivity contribution is -0.156. The van der Waals surface area contributed by atoms with Gasteiger partial charge in [0.05, 0.1) is 13.2 Å². The highest BCUT2D eigenvalue weighted by Crippen LogP contribution is 2.16. The van der Waals surface area contributed by atoms with Crippen LogP contribution >= 0.6 is 0 Å². The smallest absolute Gasteiger partial charge is 0.320 e. The SMILES string of the molecule is CCCCCCCCCCCOC(=O)C1CCOC1=O. The van der Waals surface area contributed by atoms with Crippen LogP contribution in [0.4, 0.5) is 0 Å². The van der Waals surface area contributed by atoms with Gasteiger partial charge in [-0.05, 0) is 6.42 Å². The van der Waals surface area contributed by atoms with Crippen LogP contribution in [0.5, 0.6) is 0 Å². The molecule has 4 heteroatoms. The van der Waals surface area contributed by atoms with Crippen LogP contribution in [-0.2, 0) is 19.1 Å². The Labute approximate surface area is 122 Å². The van der Waals surface area contributed by atoms with Gasteiger partial charge in [0.1, 0.15) is 0 Å². The van der Waals surface area contributed by atoms with Crippen LogP contribution in [0.25, 0.3) is 0 Å². The van der Waals surface area contributed by atoms with Crippen LogP contribution in [0.3, 0.4) is 0 Å². The maximum atomic E-state index is 11.6. The van der Waals surface area contributed by atoms with E-state index in [4.69, 9.17) is 9.47 Å². The van der Waals surface area contributed by atoms with E-state index in [0.29, 0.717) is 19.6 Å². The van der Waals surface area contributed by atoms with Gasteiger partial charge >= 0.3 is 11.9 Å². The predicted molar refractivity (Wildman–Crippen MR) is 77.3 cm³/mol. The molecule has 1 aliphatic heterocycles. The van der Waals surface area contributed by atoms with Gasteiger partial charge in [0, 0.05) is 6.42 Å². The van der Waals surface area contributed by atoms with Crippen molar-refractivity contribution in [1.29, 1.82) is 0 Å². The second-order valence-electron chi connectivity index (χ2n) is 5.50. The molecule has 0 amide bonds. The molecule has 116 valence electrons. The van der Waals surface area contributed by atoms with Gasteiger partial charge in [0.25, 0.3) is 0 Å². The molecule has 0 aliphatic carbocycles. The third-order valence-electron chi connectivity index (χ3n) is 3.71. The molecule has 4 nitrogen and oxygen atoms in total. The van der Waals surface area contributed by atoms with E-state index in [9.17, 15) is 9.59 Å². The molecule has 20 heavy (non-hydrogen) atoms. The number of carbonyl (C=O) groups excluding carboxylic acids is 2. The summed E-state index contributed by atoms with van der Waals surface area (Å²) in [5.41, 5.74) is 0. The van der Waals surface area contributed by atoms with Crippen LogP contribution in [0.1, 0.15) is 71.1 Å². The topological polar surface area (TPSA) is 52.6 Å². The minimum absolute atomic E-state index is 0.344. The van der Waals surface area contributed by atoms with Gasteiger partial charge in [-0.3, -0.25) is 9.59 Å². The maximum Gasteiger partial charge on any atom is 0.320 e. The summed E-state index contributed by atoms with van der Waals surface area (Å²) in [5, 5.41) is 0. The number of unbranched alkanes of at least 4 members (excludes halogenated alkanes) is 8. The number of carbonyl (C=O) groups is 2. The molecule has 0 aromatic carbocycles. The van der Waals surface area contributed by atoms with E-state index in [1.165, 1.54) is 44.9 Å². The molecule has 1 heterocycles. The quantitative estimate of drug-likeness (QED) is 0.330. The van der Waals surface area contributed by atoms with Gasteiger partial charge in [-0.1, -0.05) is 58.3 Å². The standard InChI is InChI=1S/C16H28O4/c1-2-3-4-5-6-7-8-9-10-12-19-15(17)14-11-13-20-16(14)18/h14H,2-13H2,1H3. The first-order valence-corrected chi connectivity index (χ1v) is 8.09. The average molecular weight is 284 g/mol. The molecule has 0 bridgehead atoms. The first-order valence-electron chi connectivity index (χ1n) is 8.09. The molecule has 0 aromatic rings. The van der Waals surface area contributed by atoms with Crippen LogP contribution in [-0.4, -0.2) is 25.2 Å². The van der Waals surface area contributed by atoms with Crippen molar-refractivity contribution in [3.05, 3.63) is 0 Å². The molecule has 1 saturated heterocycles. The van der Waals surface area contributed by atoms with Gasteiger partial charge < -0.3 is 9.47 Å². The van der Waals surface area contributed by atoms with Crippen molar-refractivity contribution in [2.75, 3.05) is 13.2 Å². The lowest BCUT2D eigenvalue weighted by Crippen LogP contribution is -2.22. The minimum Gasteiger partial charge on any atom is -0.465 e. The zero-order valence-corrected chi connectivity index (χ0v) is 12.7. The lowest BCUT2D eigenvalue weighted by Gasteiger charge is -2.07. The number of rotatable bonds is 11.